The number of carboxylic acids is 1. The van der Waals surface area contributed by atoms with Crippen LogP contribution in [0, 0.1) is 10.1 Å². The minimum Gasteiger partial charge on any atom is -0.506 e. The van der Waals surface area contributed by atoms with Gasteiger partial charge in [-0.25, -0.2) is 9.59 Å². The molecule has 0 unspecified atom stereocenters. The van der Waals surface area contributed by atoms with Crippen molar-refractivity contribution >= 4 is 28.4 Å². The number of nitro groups is 1. The molecular weight excluding hydrogens is 370 g/mol. The summed E-state index contributed by atoms with van der Waals surface area (Å²) in [5.74, 6) is -3.73. The first-order valence-electron chi connectivity index (χ1n) is 7.94. The molecule has 0 aliphatic rings. The van der Waals surface area contributed by atoms with E-state index in [2.05, 4.69) is 0 Å². The lowest BCUT2D eigenvalue weighted by Gasteiger charge is -2.13. The average Bonchev–Trinajstić information content (AvgIpc) is 2.66. The van der Waals surface area contributed by atoms with Crippen LogP contribution in [0.5, 0.6) is 17.2 Å². The summed E-state index contributed by atoms with van der Waals surface area (Å²) in [5.41, 5.74) is -1.48. The summed E-state index contributed by atoms with van der Waals surface area (Å²) < 4.78 is 10.2. The van der Waals surface area contributed by atoms with Gasteiger partial charge in [-0.2, -0.15) is 0 Å². The van der Waals surface area contributed by atoms with Crippen LogP contribution in [0.2, 0.25) is 0 Å². The summed E-state index contributed by atoms with van der Waals surface area (Å²) in [6.45, 7) is -0.798. The minimum absolute atomic E-state index is 0.0224. The second kappa shape index (κ2) is 7.62. The highest BCUT2D eigenvalue weighted by atomic mass is 16.6. The molecule has 0 aliphatic heterocycles. The Hall–Kier alpha value is -4.14. The number of nitrogens with zero attached hydrogens (tertiary/aromatic N) is 1. The van der Waals surface area contributed by atoms with E-state index in [0.29, 0.717) is 0 Å². The number of para-hydroxylation sites is 1. The molecule has 0 saturated carbocycles. The summed E-state index contributed by atoms with van der Waals surface area (Å²) in [5, 5.41) is 31.3. The molecule has 3 aromatic carbocycles. The molecule has 0 aliphatic carbocycles. The molecule has 0 saturated heterocycles. The smallest absolute Gasteiger partial charge is 0.349 e. The first kappa shape index (κ1) is 18.6. The van der Waals surface area contributed by atoms with E-state index in [9.17, 15) is 29.9 Å². The quantitative estimate of drug-likeness (QED) is 0.287. The highest BCUT2D eigenvalue weighted by molar-refractivity contribution is 6.08. The molecule has 142 valence electrons. The maximum Gasteiger partial charge on any atom is 0.349 e. The second-order valence-corrected chi connectivity index (χ2v) is 5.58. The number of benzene rings is 3. The number of aromatic hydroxyl groups is 1. The van der Waals surface area contributed by atoms with Gasteiger partial charge in [-0.1, -0.05) is 36.4 Å². The number of hydrogen-bond acceptors (Lipinski definition) is 7. The van der Waals surface area contributed by atoms with Gasteiger partial charge >= 0.3 is 17.6 Å². The lowest BCUT2D eigenvalue weighted by molar-refractivity contribution is -0.384. The Labute approximate surface area is 157 Å². The lowest BCUT2D eigenvalue weighted by Crippen LogP contribution is -2.19. The summed E-state index contributed by atoms with van der Waals surface area (Å²) in [7, 11) is 0. The van der Waals surface area contributed by atoms with Crippen molar-refractivity contribution in [2.24, 2.45) is 0 Å². The molecule has 0 amide bonds. The summed E-state index contributed by atoms with van der Waals surface area (Å²) in [4.78, 5) is 34.4. The van der Waals surface area contributed by atoms with Gasteiger partial charge in [0, 0.05) is 5.39 Å². The molecule has 0 fully saturated rings. The fraction of sp³-hybridized carbons (Fsp3) is 0.0526. The zero-order chi connectivity index (χ0) is 20.3. The molecule has 3 rings (SSSR count). The molecule has 0 heterocycles. The average molecular weight is 383 g/mol. The molecule has 0 atom stereocenters. The number of carbonyl (C=O) groups excluding carboxylic acids is 1. The van der Waals surface area contributed by atoms with Crippen LogP contribution in [0.25, 0.3) is 10.8 Å². The van der Waals surface area contributed by atoms with Gasteiger partial charge in [0.1, 0.15) is 11.5 Å². The van der Waals surface area contributed by atoms with Gasteiger partial charge in [0.2, 0.25) is 5.75 Å². The van der Waals surface area contributed by atoms with Crippen molar-refractivity contribution < 1.29 is 34.2 Å². The van der Waals surface area contributed by atoms with E-state index >= 15 is 0 Å². The number of aromatic carboxylic acids is 1. The maximum absolute atomic E-state index is 12.0. The summed E-state index contributed by atoms with van der Waals surface area (Å²) in [6.07, 6.45) is 0. The number of phenols is 1. The normalized spacial score (nSPS) is 10.4. The molecule has 0 aromatic heterocycles. The Morgan fingerprint density at radius 2 is 1.61 bits per heavy atom. The van der Waals surface area contributed by atoms with E-state index in [1.165, 1.54) is 36.4 Å². The number of carbonyl (C=O) groups is 2. The van der Waals surface area contributed by atoms with Crippen molar-refractivity contribution in [1.82, 2.24) is 0 Å². The van der Waals surface area contributed by atoms with E-state index < -0.39 is 46.2 Å². The van der Waals surface area contributed by atoms with E-state index in [4.69, 9.17) is 9.47 Å². The van der Waals surface area contributed by atoms with Crippen molar-refractivity contribution in [2.45, 2.75) is 0 Å². The lowest BCUT2D eigenvalue weighted by atomic mass is 10.0. The molecule has 2 N–H and O–H groups in total. The Balaban J connectivity index is 2.02. The standard InChI is InChI=1S/C19H13NO8/c21-14(28-11-6-2-1-3-7-11)10-27-18-15(19(23)24)17(22)13-9-5-4-8-12(13)16(18)20(25)26/h1-9,22H,10H2,(H,23,24). The highest BCUT2D eigenvalue weighted by Gasteiger charge is 2.32. The molecule has 3 aromatic rings. The van der Waals surface area contributed by atoms with Crippen molar-refractivity contribution in [3.05, 3.63) is 70.3 Å². The van der Waals surface area contributed by atoms with Crippen molar-refractivity contribution in [3.8, 4) is 17.2 Å². The van der Waals surface area contributed by atoms with E-state index in [-0.39, 0.29) is 16.5 Å². The number of carboxylic acid groups (broad SMARTS) is 1. The molecular formula is C19H13NO8. The van der Waals surface area contributed by atoms with Gasteiger partial charge in [-0.15, -0.1) is 0 Å². The number of esters is 1. The van der Waals surface area contributed by atoms with Crippen LogP contribution in [0.3, 0.4) is 0 Å². The predicted octanol–water partition coefficient (Wildman–Crippen LogP) is 3.14. The van der Waals surface area contributed by atoms with Crippen LogP contribution in [-0.2, 0) is 4.79 Å². The Morgan fingerprint density at radius 3 is 2.21 bits per heavy atom. The first-order valence-corrected chi connectivity index (χ1v) is 7.94. The first-order chi connectivity index (χ1) is 13.4. The number of rotatable bonds is 6. The van der Waals surface area contributed by atoms with Crippen LogP contribution < -0.4 is 9.47 Å². The fourth-order valence-corrected chi connectivity index (χ4v) is 2.68. The predicted molar refractivity (Wildman–Crippen MR) is 96.8 cm³/mol. The minimum atomic E-state index is -1.64. The molecule has 9 heteroatoms. The molecule has 0 spiro atoms. The van der Waals surface area contributed by atoms with Crippen LogP contribution in [0.4, 0.5) is 5.69 Å². The third-order valence-corrected chi connectivity index (χ3v) is 3.82. The van der Waals surface area contributed by atoms with E-state index in [1.54, 1.807) is 18.2 Å². The monoisotopic (exact) mass is 383 g/mol. The van der Waals surface area contributed by atoms with Crippen molar-refractivity contribution in [1.29, 1.82) is 0 Å². The van der Waals surface area contributed by atoms with Crippen molar-refractivity contribution in [2.75, 3.05) is 6.61 Å². The largest absolute Gasteiger partial charge is 0.506 e. The second-order valence-electron chi connectivity index (χ2n) is 5.58. The molecule has 28 heavy (non-hydrogen) atoms. The van der Waals surface area contributed by atoms with E-state index in [0.717, 1.165) is 0 Å². The number of fused-ring (bicyclic) bond motifs is 1. The van der Waals surface area contributed by atoms with E-state index in [1.807, 2.05) is 0 Å². The van der Waals surface area contributed by atoms with Gasteiger partial charge in [-0.3, -0.25) is 10.1 Å². The van der Waals surface area contributed by atoms with Crippen molar-refractivity contribution in [3.63, 3.8) is 0 Å². The molecule has 9 nitrogen and oxygen atoms in total. The zero-order valence-corrected chi connectivity index (χ0v) is 14.2. The maximum atomic E-state index is 12.0. The fourth-order valence-electron chi connectivity index (χ4n) is 2.68. The van der Waals surface area contributed by atoms with Crippen LogP contribution >= 0.6 is 0 Å². The zero-order valence-electron chi connectivity index (χ0n) is 14.2. The highest BCUT2D eigenvalue weighted by Crippen LogP contribution is 2.44. The Kier molecular flexibility index (Phi) is 5.07. The third kappa shape index (κ3) is 3.54. The SMILES string of the molecule is O=C(COc1c(C(=O)O)c(O)c2ccccc2c1[N+](=O)[O-])Oc1ccccc1. The summed E-state index contributed by atoms with van der Waals surface area (Å²) in [6, 6.07) is 13.7. The van der Waals surface area contributed by atoms with Crippen LogP contribution in [-0.4, -0.2) is 33.7 Å². The Morgan fingerprint density at radius 1 is 1.00 bits per heavy atom. The number of ether oxygens (including phenoxy) is 2. The van der Waals surface area contributed by atoms with Crippen LogP contribution in [0.1, 0.15) is 10.4 Å². The third-order valence-electron chi connectivity index (χ3n) is 3.82. The number of hydrogen-bond donors (Lipinski definition) is 2. The molecule has 0 radical (unpaired) electrons. The topological polar surface area (TPSA) is 136 Å². The van der Waals surface area contributed by atoms with Crippen LogP contribution in [0.15, 0.2) is 54.6 Å². The van der Waals surface area contributed by atoms with Gasteiger partial charge in [0.15, 0.2) is 12.2 Å². The van der Waals surface area contributed by atoms with Gasteiger partial charge in [0.05, 0.1) is 10.3 Å². The van der Waals surface area contributed by atoms with Gasteiger partial charge < -0.3 is 19.7 Å². The molecule has 0 bridgehead atoms. The number of nitro benzene ring substituents is 1. The summed E-state index contributed by atoms with van der Waals surface area (Å²) >= 11 is 0. The van der Waals surface area contributed by atoms with Gasteiger partial charge in [0.25, 0.3) is 0 Å². The Bertz CT molecular complexity index is 1080. The van der Waals surface area contributed by atoms with Gasteiger partial charge in [-0.05, 0) is 18.2 Å².